The number of nitrogens with zero attached hydrogens (tertiary/aromatic N) is 2. The lowest BCUT2D eigenvalue weighted by molar-refractivity contribution is -0.920. The molecule has 0 atom stereocenters. The van der Waals surface area contributed by atoms with E-state index in [9.17, 15) is 34.5 Å². The highest BCUT2D eigenvalue weighted by atomic mass is 19.5. The van der Waals surface area contributed by atoms with Gasteiger partial charge in [-0.15, -0.1) is 0 Å². The molecule has 0 aromatic heterocycles. The van der Waals surface area contributed by atoms with Crippen LogP contribution in [0.2, 0.25) is 0 Å². The summed E-state index contributed by atoms with van der Waals surface area (Å²) < 4.78 is 86.8. The molecule has 0 aromatic carbocycles. The maximum Gasteiger partial charge on any atom is 0.673 e. The smallest absolute Gasteiger partial charge is 0.418 e. The Labute approximate surface area is 194 Å². The normalized spacial score (nSPS) is 19.5. The van der Waals surface area contributed by atoms with E-state index in [2.05, 4.69) is 13.8 Å². The first-order valence-electron chi connectivity index (χ1n) is 12.3. The van der Waals surface area contributed by atoms with Gasteiger partial charge in [-0.05, 0) is 12.8 Å². The number of quaternary nitrogens is 2. The molecule has 0 aromatic rings. The summed E-state index contributed by atoms with van der Waals surface area (Å²) in [5, 5.41) is 0. The largest absolute Gasteiger partial charge is 0.673 e. The molecule has 33 heavy (non-hydrogen) atoms. The van der Waals surface area contributed by atoms with E-state index in [1.54, 1.807) is 0 Å². The molecule has 2 heterocycles. The van der Waals surface area contributed by atoms with Gasteiger partial charge in [0, 0.05) is 25.7 Å². The minimum atomic E-state index is -6.00. The quantitative estimate of drug-likeness (QED) is 0.130. The fourth-order valence-electron chi connectivity index (χ4n) is 4.74. The number of halogens is 8. The number of unbranched alkanes of at least 4 members (excludes halogenated alkanes) is 2. The van der Waals surface area contributed by atoms with Gasteiger partial charge in [0.05, 0.1) is 52.5 Å². The highest BCUT2D eigenvalue weighted by Crippen LogP contribution is 2.22. The third-order valence-corrected chi connectivity index (χ3v) is 6.42. The first kappa shape index (κ1) is 32.4. The van der Waals surface area contributed by atoms with Crippen LogP contribution in [0.1, 0.15) is 65.2 Å². The Hall–Kier alpha value is -0.550. The predicted octanol–water partition coefficient (Wildman–Crippen LogP) is 6.42. The topological polar surface area (TPSA) is 9.23 Å². The SMILES string of the molecule is CCCC[N+]1(CCOCC[N+]2(CCCC)CCCC2)CCCC1.F[B-](F)(F)F.F[B-](F)(F)F. The summed E-state index contributed by atoms with van der Waals surface area (Å²) in [6.45, 7) is 17.5. The van der Waals surface area contributed by atoms with Gasteiger partial charge in [-0.2, -0.15) is 0 Å². The number of hydrogen-bond donors (Lipinski definition) is 0. The van der Waals surface area contributed by atoms with E-state index in [0.29, 0.717) is 0 Å². The van der Waals surface area contributed by atoms with Crippen LogP contribution in [0.4, 0.5) is 34.5 Å². The summed E-state index contributed by atoms with van der Waals surface area (Å²) in [6.07, 6.45) is 11.2. The number of ether oxygens (including phenoxy) is 1. The molecule has 2 aliphatic heterocycles. The molecule has 2 rings (SSSR count). The van der Waals surface area contributed by atoms with E-state index in [0.717, 1.165) is 13.2 Å². The van der Waals surface area contributed by atoms with Crippen molar-refractivity contribution in [2.24, 2.45) is 0 Å². The number of likely N-dealkylation sites (tertiary alicyclic amines) is 2. The van der Waals surface area contributed by atoms with Crippen molar-refractivity contribution in [3.63, 3.8) is 0 Å². The van der Waals surface area contributed by atoms with Crippen molar-refractivity contribution >= 4 is 14.5 Å². The first-order chi connectivity index (χ1) is 15.2. The molecule has 200 valence electrons. The van der Waals surface area contributed by atoms with Crippen LogP contribution in [-0.4, -0.2) is 89.0 Å². The zero-order valence-electron chi connectivity index (χ0n) is 20.2. The molecule has 0 saturated carbocycles. The number of hydrogen-bond acceptors (Lipinski definition) is 1. The Morgan fingerprint density at radius 3 is 1.06 bits per heavy atom. The highest BCUT2D eigenvalue weighted by Gasteiger charge is 2.32. The van der Waals surface area contributed by atoms with E-state index in [-0.39, 0.29) is 0 Å². The lowest BCUT2D eigenvalue weighted by Gasteiger charge is -2.35. The minimum Gasteiger partial charge on any atom is -0.418 e. The molecule has 13 heteroatoms. The molecule has 2 aliphatic rings. The van der Waals surface area contributed by atoms with Gasteiger partial charge in [-0.25, -0.2) is 0 Å². The predicted molar refractivity (Wildman–Crippen MR) is 119 cm³/mol. The van der Waals surface area contributed by atoms with Crippen LogP contribution in [0.3, 0.4) is 0 Å². The fourth-order valence-corrected chi connectivity index (χ4v) is 4.74. The molecule has 0 unspecified atom stereocenters. The summed E-state index contributed by atoms with van der Waals surface area (Å²) in [7, 11) is -12.0. The fraction of sp³-hybridized carbons (Fsp3) is 1.00. The van der Waals surface area contributed by atoms with E-state index in [1.165, 1.54) is 113 Å². The second-order valence-electron chi connectivity index (χ2n) is 9.20. The second kappa shape index (κ2) is 16.2. The van der Waals surface area contributed by atoms with Gasteiger partial charge in [0.15, 0.2) is 0 Å². The van der Waals surface area contributed by atoms with E-state index in [4.69, 9.17) is 4.74 Å². The molecule has 0 amide bonds. The Morgan fingerprint density at radius 2 is 0.818 bits per heavy atom. The Kier molecular flexibility index (Phi) is 15.9. The summed E-state index contributed by atoms with van der Waals surface area (Å²) in [5.41, 5.74) is 0. The van der Waals surface area contributed by atoms with Crippen LogP contribution in [0.15, 0.2) is 0 Å². The van der Waals surface area contributed by atoms with Crippen LogP contribution in [0.25, 0.3) is 0 Å². The van der Waals surface area contributed by atoms with Crippen LogP contribution in [0.5, 0.6) is 0 Å². The average molecular weight is 500 g/mol. The van der Waals surface area contributed by atoms with Gasteiger partial charge in [0.25, 0.3) is 0 Å². The van der Waals surface area contributed by atoms with Gasteiger partial charge < -0.3 is 48.2 Å². The van der Waals surface area contributed by atoms with E-state index >= 15 is 0 Å². The summed E-state index contributed by atoms with van der Waals surface area (Å²) in [5.74, 6) is 0. The van der Waals surface area contributed by atoms with Gasteiger partial charge in [0.2, 0.25) is 0 Å². The maximum absolute atomic E-state index is 9.75. The molecule has 2 saturated heterocycles. The van der Waals surface area contributed by atoms with Crippen molar-refractivity contribution in [2.45, 2.75) is 65.2 Å². The molecular weight excluding hydrogens is 458 g/mol. The van der Waals surface area contributed by atoms with Gasteiger partial charge in [-0.1, -0.05) is 26.7 Å². The van der Waals surface area contributed by atoms with Crippen molar-refractivity contribution in [3.05, 3.63) is 0 Å². The van der Waals surface area contributed by atoms with Crippen molar-refractivity contribution in [2.75, 3.05) is 65.6 Å². The van der Waals surface area contributed by atoms with Crippen molar-refractivity contribution in [1.82, 2.24) is 0 Å². The van der Waals surface area contributed by atoms with Crippen molar-refractivity contribution < 1.29 is 48.2 Å². The lowest BCUT2D eigenvalue weighted by Crippen LogP contribution is -2.49. The summed E-state index contributed by atoms with van der Waals surface area (Å²) in [4.78, 5) is 0. The molecule has 2 fully saturated rings. The maximum atomic E-state index is 9.75. The van der Waals surface area contributed by atoms with Crippen LogP contribution in [0, 0.1) is 0 Å². The third kappa shape index (κ3) is 19.4. The zero-order chi connectivity index (χ0) is 25.4. The van der Waals surface area contributed by atoms with Gasteiger partial charge in [-0.3, -0.25) is 0 Å². The molecule has 0 N–H and O–H groups in total. The molecule has 3 nitrogen and oxygen atoms in total. The van der Waals surface area contributed by atoms with Crippen molar-refractivity contribution in [1.29, 1.82) is 0 Å². The minimum absolute atomic E-state index is 0.984. The molecule has 0 bridgehead atoms. The highest BCUT2D eigenvalue weighted by molar-refractivity contribution is 6.50. The molecule has 0 radical (unpaired) electrons. The van der Waals surface area contributed by atoms with Crippen LogP contribution < -0.4 is 0 Å². The van der Waals surface area contributed by atoms with Crippen molar-refractivity contribution in [3.8, 4) is 0 Å². The van der Waals surface area contributed by atoms with E-state index in [1.807, 2.05) is 0 Å². The van der Waals surface area contributed by atoms with E-state index < -0.39 is 14.5 Å². The monoisotopic (exact) mass is 500 g/mol. The first-order valence-corrected chi connectivity index (χ1v) is 12.3. The molecule has 0 aliphatic carbocycles. The average Bonchev–Trinajstić information content (AvgIpc) is 3.33. The lowest BCUT2D eigenvalue weighted by atomic mass is 10.2. The van der Waals surface area contributed by atoms with Gasteiger partial charge >= 0.3 is 14.5 Å². The van der Waals surface area contributed by atoms with Gasteiger partial charge in [0.1, 0.15) is 13.1 Å². The van der Waals surface area contributed by atoms with Crippen LogP contribution in [-0.2, 0) is 4.74 Å². The summed E-state index contributed by atoms with van der Waals surface area (Å²) >= 11 is 0. The third-order valence-electron chi connectivity index (χ3n) is 6.42. The Morgan fingerprint density at radius 1 is 0.545 bits per heavy atom. The zero-order valence-corrected chi connectivity index (χ0v) is 20.2. The second-order valence-corrected chi connectivity index (χ2v) is 9.20. The Balaban J connectivity index is 0.000000859. The van der Waals surface area contributed by atoms with Crippen LogP contribution >= 0.6 is 0 Å². The molecular formula is C20H42B2F8N2O. The standard InChI is InChI=1S/C20H42N2O.2BF4/c1-3-5-11-21(13-7-8-14-21)17-19-23-20-18-22(12-6-4-2)15-9-10-16-22;2*2-1(3,4)5/h3-20H2,1-2H3;;/q+2;2*-1. The number of rotatable bonds is 12. The summed E-state index contributed by atoms with van der Waals surface area (Å²) in [6, 6.07) is 0. The Bertz CT molecular complexity index is 430. The molecule has 0 spiro atoms.